The van der Waals surface area contributed by atoms with E-state index < -0.39 is 5.37 Å². The monoisotopic (exact) mass is 215 g/mol. The average molecular weight is 216 g/mol. The van der Waals surface area contributed by atoms with Gasteiger partial charge in [-0.15, -0.1) is 0 Å². The fourth-order valence-corrected chi connectivity index (χ4v) is 1.16. The largest absolute Gasteiger partial charge is 0.332 e. The maximum Gasteiger partial charge on any atom is 0.316 e. The van der Waals surface area contributed by atoms with E-state index in [9.17, 15) is 9.18 Å². The zero-order valence-corrected chi connectivity index (χ0v) is 8.59. The molecule has 0 aliphatic carbocycles. The summed E-state index contributed by atoms with van der Waals surface area (Å²) in [6.45, 7) is 0.420. The molecule has 0 spiro atoms. The topological polar surface area (TPSA) is 20.3 Å². The van der Waals surface area contributed by atoms with Crippen molar-refractivity contribution in [3.63, 3.8) is 0 Å². The quantitative estimate of drug-likeness (QED) is 0.561. The summed E-state index contributed by atoms with van der Waals surface area (Å²) in [4.78, 5) is 12.0. The number of halogens is 2. The van der Waals surface area contributed by atoms with Gasteiger partial charge >= 0.3 is 5.37 Å². The van der Waals surface area contributed by atoms with Crippen molar-refractivity contribution in [3.05, 3.63) is 35.6 Å². The van der Waals surface area contributed by atoms with Crippen LogP contribution in [-0.2, 0) is 6.42 Å². The van der Waals surface area contributed by atoms with Gasteiger partial charge in [-0.3, -0.25) is 4.79 Å². The molecule has 0 saturated heterocycles. The molecule has 0 heterocycles. The second-order valence-corrected chi connectivity index (χ2v) is 3.34. The van der Waals surface area contributed by atoms with Gasteiger partial charge in [-0.1, -0.05) is 18.2 Å². The van der Waals surface area contributed by atoms with Crippen LogP contribution in [0, 0.1) is 5.82 Å². The fourth-order valence-electron chi connectivity index (χ4n) is 1.08. The zero-order chi connectivity index (χ0) is 10.6. The molecule has 76 valence electrons. The number of likely N-dealkylation sites (N-methyl/N-ethyl adjacent to an activating group) is 1. The smallest absolute Gasteiger partial charge is 0.316 e. The van der Waals surface area contributed by atoms with Crippen LogP contribution in [0.1, 0.15) is 5.56 Å². The van der Waals surface area contributed by atoms with E-state index >= 15 is 0 Å². The molecule has 1 aromatic carbocycles. The second kappa shape index (κ2) is 4.96. The number of nitrogens with zero attached hydrogens (tertiary/aromatic N) is 1. The molecule has 0 aliphatic heterocycles. The van der Waals surface area contributed by atoms with E-state index in [1.54, 1.807) is 25.2 Å². The number of carbonyl (C=O) groups is 1. The van der Waals surface area contributed by atoms with E-state index in [4.69, 9.17) is 11.6 Å². The zero-order valence-electron chi connectivity index (χ0n) is 7.84. The Kier molecular flexibility index (Phi) is 3.89. The molecule has 0 radical (unpaired) electrons. The third kappa shape index (κ3) is 3.00. The van der Waals surface area contributed by atoms with Crippen LogP contribution in [0.5, 0.6) is 0 Å². The highest BCUT2D eigenvalue weighted by Gasteiger charge is 2.06. The van der Waals surface area contributed by atoms with Crippen LogP contribution in [0.4, 0.5) is 9.18 Å². The van der Waals surface area contributed by atoms with Crippen LogP contribution < -0.4 is 0 Å². The molecule has 0 unspecified atom stereocenters. The molecule has 0 aliphatic rings. The fraction of sp³-hybridized carbons (Fsp3) is 0.300. The highest BCUT2D eigenvalue weighted by atomic mass is 35.5. The molecule has 1 rings (SSSR count). The van der Waals surface area contributed by atoms with Crippen molar-refractivity contribution in [1.82, 2.24) is 4.90 Å². The number of amides is 1. The SMILES string of the molecule is CN(CCc1ccccc1F)C(=O)Cl. The van der Waals surface area contributed by atoms with Crippen molar-refractivity contribution in [2.75, 3.05) is 13.6 Å². The molecular formula is C10H11ClFNO. The van der Waals surface area contributed by atoms with Crippen LogP contribution in [0.25, 0.3) is 0 Å². The van der Waals surface area contributed by atoms with Crippen molar-refractivity contribution >= 4 is 17.0 Å². The van der Waals surface area contributed by atoms with Gasteiger partial charge in [0, 0.05) is 13.6 Å². The van der Waals surface area contributed by atoms with E-state index in [-0.39, 0.29) is 5.82 Å². The summed E-state index contributed by atoms with van der Waals surface area (Å²) in [5.41, 5.74) is 0.595. The van der Waals surface area contributed by atoms with Gasteiger partial charge in [-0.25, -0.2) is 4.39 Å². The van der Waals surface area contributed by atoms with E-state index in [0.717, 1.165) is 0 Å². The summed E-state index contributed by atoms with van der Waals surface area (Å²) < 4.78 is 13.1. The van der Waals surface area contributed by atoms with Crippen LogP contribution in [0.15, 0.2) is 24.3 Å². The number of hydrogen-bond acceptors (Lipinski definition) is 1. The maximum absolute atomic E-state index is 13.1. The van der Waals surface area contributed by atoms with Gasteiger partial charge in [0.05, 0.1) is 0 Å². The molecular weight excluding hydrogens is 205 g/mol. The van der Waals surface area contributed by atoms with Crippen molar-refractivity contribution in [3.8, 4) is 0 Å². The molecule has 2 nitrogen and oxygen atoms in total. The third-order valence-corrected chi connectivity index (χ3v) is 2.26. The first kappa shape index (κ1) is 11.0. The lowest BCUT2D eigenvalue weighted by atomic mass is 10.1. The van der Waals surface area contributed by atoms with E-state index in [0.29, 0.717) is 18.5 Å². The molecule has 0 saturated carbocycles. The van der Waals surface area contributed by atoms with Gasteiger partial charge in [0.25, 0.3) is 0 Å². The Morgan fingerprint density at radius 1 is 1.50 bits per heavy atom. The van der Waals surface area contributed by atoms with Crippen molar-refractivity contribution in [2.45, 2.75) is 6.42 Å². The summed E-state index contributed by atoms with van der Waals surface area (Å²) >= 11 is 5.23. The molecule has 0 aromatic heterocycles. The summed E-state index contributed by atoms with van der Waals surface area (Å²) in [6.07, 6.45) is 0.474. The summed E-state index contributed by atoms with van der Waals surface area (Å²) in [7, 11) is 1.58. The first-order valence-corrected chi connectivity index (χ1v) is 4.63. The Hall–Kier alpha value is -1.09. The molecule has 0 fully saturated rings. The molecule has 0 atom stereocenters. The first-order chi connectivity index (χ1) is 6.61. The summed E-state index contributed by atoms with van der Waals surface area (Å²) in [5, 5.41) is -0.527. The lowest BCUT2D eigenvalue weighted by Gasteiger charge is -2.12. The lowest BCUT2D eigenvalue weighted by Crippen LogP contribution is -2.23. The highest BCUT2D eigenvalue weighted by molar-refractivity contribution is 6.62. The Bertz CT molecular complexity index is 330. The summed E-state index contributed by atoms with van der Waals surface area (Å²) in [5.74, 6) is -0.247. The molecule has 4 heteroatoms. The molecule has 0 N–H and O–H groups in total. The number of hydrogen-bond donors (Lipinski definition) is 0. The predicted molar refractivity (Wildman–Crippen MR) is 54.0 cm³/mol. The van der Waals surface area contributed by atoms with E-state index in [2.05, 4.69) is 0 Å². The van der Waals surface area contributed by atoms with Crippen LogP contribution in [0.2, 0.25) is 0 Å². The van der Waals surface area contributed by atoms with E-state index in [1.165, 1.54) is 11.0 Å². The van der Waals surface area contributed by atoms with Crippen molar-refractivity contribution < 1.29 is 9.18 Å². The van der Waals surface area contributed by atoms with Crippen molar-refractivity contribution in [2.24, 2.45) is 0 Å². The van der Waals surface area contributed by atoms with Gasteiger partial charge in [0.1, 0.15) is 5.82 Å². The van der Waals surface area contributed by atoms with Gasteiger partial charge in [0.15, 0.2) is 0 Å². The first-order valence-electron chi connectivity index (χ1n) is 4.25. The average Bonchev–Trinajstić information content (AvgIpc) is 2.16. The highest BCUT2D eigenvalue weighted by Crippen LogP contribution is 2.07. The van der Waals surface area contributed by atoms with Crippen LogP contribution in [-0.4, -0.2) is 23.9 Å². The minimum Gasteiger partial charge on any atom is -0.332 e. The number of carbonyl (C=O) groups excluding carboxylic acids is 1. The molecule has 1 amide bonds. The summed E-state index contributed by atoms with van der Waals surface area (Å²) in [6, 6.07) is 6.50. The van der Waals surface area contributed by atoms with Gasteiger partial charge in [0.2, 0.25) is 0 Å². The second-order valence-electron chi connectivity index (χ2n) is 3.02. The molecule has 0 bridgehead atoms. The Morgan fingerprint density at radius 3 is 2.71 bits per heavy atom. The molecule has 1 aromatic rings. The number of benzene rings is 1. The third-order valence-electron chi connectivity index (χ3n) is 1.97. The minimum atomic E-state index is -0.527. The van der Waals surface area contributed by atoms with E-state index in [1.807, 2.05) is 0 Å². The molecule has 14 heavy (non-hydrogen) atoms. The van der Waals surface area contributed by atoms with Crippen LogP contribution in [0.3, 0.4) is 0 Å². The predicted octanol–water partition coefficient (Wildman–Crippen LogP) is 2.66. The number of rotatable bonds is 3. The van der Waals surface area contributed by atoms with Gasteiger partial charge in [-0.2, -0.15) is 0 Å². The standard InChI is InChI=1S/C10H11ClFNO/c1-13(10(11)14)7-6-8-4-2-3-5-9(8)12/h2-5H,6-7H2,1H3. The minimum absolute atomic E-state index is 0.247. The Labute approximate surface area is 87.3 Å². The van der Waals surface area contributed by atoms with Crippen LogP contribution >= 0.6 is 11.6 Å². The normalized spacial score (nSPS) is 9.93. The van der Waals surface area contributed by atoms with Gasteiger partial charge in [-0.05, 0) is 29.7 Å². The Balaban J connectivity index is 2.54. The van der Waals surface area contributed by atoms with Gasteiger partial charge < -0.3 is 4.90 Å². The lowest BCUT2D eigenvalue weighted by molar-refractivity contribution is 0.232. The van der Waals surface area contributed by atoms with Crippen molar-refractivity contribution in [1.29, 1.82) is 0 Å². The Morgan fingerprint density at radius 2 is 2.14 bits per heavy atom. The maximum atomic E-state index is 13.1.